The number of carbonyl (C=O) groups excluding carboxylic acids is 2. The number of aromatic nitrogens is 2. The Labute approximate surface area is 141 Å². The van der Waals surface area contributed by atoms with Crippen molar-refractivity contribution in [3.8, 4) is 5.88 Å². The summed E-state index contributed by atoms with van der Waals surface area (Å²) in [6.07, 6.45) is 0.0361. The number of pyridine rings is 1. The number of nitrogens with two attached hydrogens (primary N) is 1. The van der Waals surface area contributed by atoms with E-state index in [1.807, 2.05) is 24.3 Å². The van der Waals surface area contributed by atoms with Gasteiger partial charge in [0.1, 0.15) is 5.69 Å². The standard InChI is InChI=1S/C16H14N4O3S/c1-23-15-11-5-3-2-4-9(11)6-12(19-15)14(22)20-16-18-10(8-24-16)7-13(17)21/h2-6,8H,7H2,1H3,(H2,17,21)(H,18,20,22). The fourth-order valence-electron chi connectivity index (χ4n) is 2.22. The Morgan fingerprint density at radius 2 is 2.08 bits per heavy atom. The molecule has 0 radical (unpaired) electrons. The van der Waals surface area contributed by atoms with Crippen molar-refractivity contribution in [2.45, 2.75) is 6.42 Å². The molecule has 0 saturated heterocycles. The number of nitrogens with one attached hydrogen (secondary N) is 1. The van der Waals surface area contributed by atoms with Gasteiger partial charge in [-0.1, -0.05) is 18.2 Å². The molecular formula is C16H14N4O3S. The number of nitrogens with zero attached hydrogens (tertiary/aromatic N) is 2. The van der Waals surface area contributed by atoms with Crippen LogP contribution >= 0.6 is 11.3 Å². The molecule has 122 valence electrons. The third-order valence-electron chi connectivity index (χ3n) is 3.26. The summed E-state index contributed by atoms with van der Waals surface area (Å²) in [7, 11) is 1.51. The van der Waals surface area contributed by atoms with Crippen LogP contribution in [0.2, 0.25) is 0 Å². The number of thiazole rings is 1. The van der Waals surface area contributed by atoms with Crippen LogP contribution in [0.4, 0.5) is 5.13 Å². The smallest absolute Gasteiger partial charge is 0.276 e. The van der Waals surface area contributed by atoms with Gasteiger partial charge in [0.05, 0.1) is 19.2 Å². The maximum absolute atomic E-state index is 12.4. The van der Waals surface area contributed by atoms with Crippen LogP contribution < -0.4 is 15.8 Å². The van der Waals surface area contributed by atoms with Crippen molar-refractivity contribution in [3.63, 3.8) is 0 Å². The first-order chi connectivity index (χ1) is 11.6. The quantitative estimate of drug-likeness (QED) is 0.737. The first-order valence-electron chi connectivity index (χ1n) is 7.04. The van der Waals surface area contributed by atoms with Crippen molar-refractivity contribution >= 4 is 39.1 Å². The molecular weight excluding hydrogens is 328 g/mol. The van der Waals surface area contributed by atoms with Crippen LogP contribution in [-0.2, 0) is 11.2 Å². The summed E-state index contributed by atoms with van der Waals surface area (Å²) in [5.41, 5.74) is 5.87. The van der Waals surface area contributed by atoms with E-state index in [0.29, 0.717) is 16.7 Å². The van der Waals surface area contributed by atoms with Gasteiger partial charge in [-0.05, 0) is 17.5 Å². The summed E-state index contributed by atoms with van der Waals surface area (Å²) in [6.45, 7) is 0. The number of hydrogen-bond acceptors (Lipinski definition) is 6. The lowest BCUT2D eigenvalue weighted by Crippen LogP contribution is -2.15. The Balaban J connectivity index is 1.86. The minimum atomic E-state index is -0.473. The lowest BCUT2D eigenvalue weighted by Gasteiger charge is -2.07. The van der Waals surface area contributed by atoms with E-state index in [1.165, 1.54) is 18.4 Å². The summed E-state index contributed by atoms with van der Waals surface area (Å²) in [5.74, 6) is -0.495. The highest BCUT2D eigenvalue weighted by Gasteiger charge is 2.14. The predicted octanol–water partition coefficient (Wildman–Crippen LogP) is 1.98. The molecule has 1 aromatic carbocycles. The average molecular weight is 342 g/mol. The molecule has 3 aromatic rings. The summed E-state index contributed by atoms with van der Waals surface area (Å²) in [4.78, 5) is 31.7. The van der Waals surface area contributed by atoms with E-state index < -0.39 is 11.8 Å². The molecule has 2 amide bonds. The maximum Gasteiger partial charge on any atom is 0.276 e. The van der Waals surface area contributed by atoms with E-state index in [-0.39, 0.29) is 12.1 Å². The summed E-state index contributed by atoms with van der Waals surface area (Å²) >= 11 is 1.22. The van der Waals surface area contributed by atoms with Gasteiger partial charge in [-0.25, -0.2) is 9.97 Å². The molecule has 8 heteroatoms. The highest BCUT2D eigenvalue weighted by atomic mass is 32.1. The zero-order valence-electron chi connectivity index (χ0n) is 12.8. The molecule has 0 aliphatic rings. The zero-order valence-corrected chi connectivity index (χ0v) is 13.6. The normalized spacial score (nSPS) is 10.5. The molecule has 2 aromatic heterocycles. The largest absolute Gasteiger partial charge is 0.481 e. The highest BCUT2D eigenvalue weighted by Crippen LogP contribution is 2.25. The Morgan fingerprint density at radius 3 is 2.83 bits per heavy atom. The Hall–Kier alpha value is -3.00. The minimum Gasteiger partial charge on any atom is -0.481 e. The predicted molar refractivity (Wildman–Crippen MR) is 91.3 cm³/mol. The second kappa shape index (κ2) is 6.63. The number of hydrogen-bond donors (Lipinski definition) is 2. The number of carbonyl (C=O) groups is 2. The number of anilines is 1. The van der Waals surface area contributed by atoms with Gasteiger partial charge in [0, 0.05) is 10.8 Å². The van der Waals surface area contributed by atoms with Gasteiger partial charge in [-0.3, -0.25) is 14.9 Å². The second-order valence-electron chi connectivity index (χ2n) is 4.98. The number of primary amides is 1. The van der Waals surface area contributed by atoms with Gasteiger partial charge in [0.25, 0.3) is 5.91 Å². The van der Waals surface area contributed by atoms with E-state index in [2.05, 4.69) is 15.3 Å². The summed E-state index contributed by atoms with van der Waals surface area (Å²) in [5, 5.41) is 6.40. The second-order valence-corrected chi connectivity index (χ2v) is 5.84. The van der Waals surface area contributed by atoms with Gasteiger partial charge in [-0.2, -0.15) is 0 Å². The molecule has 0 aliphatic carbocycles. The molecule has 0 fully saturated rings. The first-order valence-corrected chi connectivity index (χ1v) is 7.92. The minimum absolute atomic E-state index is 0.0361. The molecule has 24 heavy (non-hydrogen) atoms. The molecule has 3 rings (SSSR count). The molecule has 3 N–H and O–H groups in total. The molecule has 0 saturated carbocycles. The number of methoxy groups -OCH3 is 1. The van der Waals surface area contributed by atoms with Crippen LogP contribution in [0.5, 0.6) is 5.88 Å². The van der Waals surface area contributed by atoms with Crippen LogP contribution in [0.3, 0.4) is 0 Å². The van der Waals surface area contributed by atoms with Crippen molar-refractivity contribution in [1.82, 2.24) is 9.97 Å². The van der Waals surface area contributed by atoms with Crippen LogP contribution in [0.25, 0.3) is 10.8 Å². The van der Waals surface area contributed by atoms with Gasteiger partial charge in [0.2, 0.25) is 11.8 Å². The maximum atomic E-state index is 12.4. The number of fused-ring (bicyclic) bond motifs is 1. The van der Waals surface area contributed by atoms with E-state index in [0.717, 1.165) is 10.8 Å². The fourth-order valence-corrected chi connectivity index (χ4v) is 2.93. The number of rotatable bonds is 5. The van der Waals surface area contributed by atoms with Gasteiger partial charge in [-0.15, -0.1) is 11.3 Å². The van der Waals surface area contributed by atoms with Crippen LogP contribution in [-0.4, -0.2) is 28.9 Å². The van der Waals surface area contributed by atoms with E-state index in [9.17, 15) is 9.59 Å². The highest BCUT2D eigenvalue weighted by molar-refractivity contribution is 7.14. The Kier molecular flexibility index (Phi) is 4.39. The van der Waals surface area contributed by atoms with E-state index in [4.69, 9.17) is 10.5 Å². The van der Waals surface area contributed by atoms with Crippen molar-refractivity contribution in [2.75, 3.05) is 12.4 Å². The van der Waals surface area contributed by atoms with Crippen molar-refractivity contribution < 1.29 is 14.3 Å². The number of benzene rings is 1. The molecule has 0 unspecified atom stereocenters. The Morgan fingerprint density at radius 1 is 1.29 bits per heavy atom. The third-order valence-corrected chi connectivity index (χ3v) is 4.07. The number of amides is 2. The number of ether oxygens (including phenoxy) is 1. The van der Waals surface area contributed by atoms with Gasteiger partial charge >= 0.3 is 0 Å². The SMILES string of the molecule is COc1nc(C(=O)Nc2nc(CC(N)=O)cs2)cc2ccccc12. The third kappa shape index (κ3) is 3.33. The van der Waals surface area contributed by atoms with E-state index in [1.54, 1.807) is 11.4 Å². The average Bonchev–Trinajstić information content (AvgIpc) is 2.99. The van der Waals surface area contributed by atoms with Crippen LogP contribution in [0.15, 0.2) is 35.7 Å². The Bertz CT molecular complexity index is 923. The molecule has 7 nitrogen and oxygen atoms in total. The van der Waals surface area contributed by atoms with Crippen molar-refractivity contribution in [1.29, 1.82) is 0 Å². The monoisotopic (exact) mass is 342 g/mol. The fraction of sp³-hybridized carbons (Fsp3) is 0.125. The summed E-state index contributed by atoms with van der Waals surface area (Å²) in [6, 6.07) is 9.19. The molecule has 2 heterocycles. The lowest BCUT2D eigenvalue weighted by atomic mass is 10.1. The van der Waals surface area contributed by atoms with Gasteiger partial charge < -0.3 is 10.5 Å². The zero-order chi connectivity index (χ0) is 17.1. The molecule has 0 bridgehead atoms. The first kappa shape index (κ1) is 15.9. The van der Waals surface area contributed by atoms with Crippen molar-refractivity contribution in [3.05, 3.63) is 47.1 Å². The van der Waals surface area contributed by atoms with E-state index >= 15 is 0 Å². The van der Waals surface area contributed by atoms with Crippen LogP contribution in [0.1, 0.15) is 16.2 Å². The molecule has 0 spiro atoms. The molecule has 0 atom stereocenters. The van der Waals surface area contributed by atoms with Crippen molar-refractivity contribution in [2.24, 2.45) is 5.73 Å². The lowest BCUT2D eigenvalue weighted by molar-refractivity contribution is -0.117. The summed E-state index contributed by atoms with van der Waals surface area (Å²) < 4.78 is 5.26. The van der Waals surface area contributed by atoms with Gasteiger partial charge in [0.15, 0.2) is 5.13 Å². The topological polar surface area (TPSA) is 107 Å². The van der Waals surface area contributed by atoms with Crippen LogP contribution in [0, 0.1) is 0 Å². The molecule has 0 aliphatic heterocycles.